The van der Waals surface area contributed by atoms with E-state index in [9.17, 15) is 15.2 Å². The Morgan fingerprint density at radius 3 is 2.58 bits per heavy atom. The van der Waals surface area contributed by atoms with Crippen molar-refractivity contribution in [2.24, 2.45) is 0 Å². The molecule has 0 aliphatic heterocycles. The van der Waals surface area contributed by atoms with Crippen molar-refractivity contribution in [3.05, 3.63) is 33.9 Å². The minimum absolute atomic E-state index is 0.00605. The summed E-state index contributed by atoms with van der Waals surface area (Å²) in [6.45, 7) is 3.91. The number of benzene rings is 1. The molecule has 1 aromatic carbocycles. The van der Waals surface area contributed by atoms with Crippen LogP contribution in [-0.4, -0.2) is 22.2 Å². The fraction of sp³-hybridized carbons (Fsp3) is 0.462. The Morgan fingerprint density at radius 1 is 1.47 bits per heavy atom. The molecule has 0 radical (unpaired) electrons. The molecule has 1 rings (SSSR count). The van der Waals surface area contributed by atoms with Gasteiger partial charge in [-0.2, -0.15) is 5.26 Å². The Labute approximate surface area is 111 Å². The molecule has 0 amide bonds. The van der Waals surface area contributed by atoms with Crippen LogP contribution in [0.4, 0.5) is 11.4 Å². The van der Waals surface area contributed by atoms with Gasteiger partial charge in [-0.15, -0.1) is 0 Å². The molecule has 0 heterocycles. The second-order valence-electron chi connectivity index (χ2n) is 4.36. The summed E-state index contributed by atoms with van der Waals surface area (Å²) in [5, 5.41) is 32.9. The first kappa shape index (κ1) is 14.9. The zero-order valence-electron chi connectivity index (χ0n) is 11.0. The third-order valence-electron chi connectivity index (χ3n) is 3.26. The highest BCUT2D eigenvalue weighted by Crippen LogP contribution is 2.29. The lowest BCUT2D eigenvalue weighted by Crippen LogP contribution is -2.35. The summed E-state index contributed by atoms with van der Waals surface area (Å²) in [6, 6.07) is 6.30. The van der Waals surface area contributed by atoms with Gasteiger partial charge in [0.15, 0.2) is 0 Å². The van der Waals surface area contributed by atoms with Crippen LogP contribution in [0.2, 0.25) is 0 Å². The summed E-state index contributed by atoms with van der Waals surface area (Å²) in [4.78, 5) is 10.4. The first-order valence-corrected chi connectivity index (χ1v) is 6.11. The van der Waals surface area contributed by atoms with Gasteiger partial charge in [-0.1, -0.05) is 19.9 Å². The van der Waals surface area contributed by atoms with Gasteiger partial charge < -0.3 is 10.4 Å². The van der Waals surface area contributed by atoms with Gasteiger partial charge in [0.1, 0.15) is 17.3 Å². The molecule has 0 aliphatic carbocycles. The number of nitriles is 1. The highest BCUT2D eigenvalue weighted by molar-refractivity contribution is 5.68. The first-order chi connectivity index (χ1) is 8.97. The van der Waals surface area contributed by atoms with E-state index in [2.05, 4.69) is 5.32 Å². The van der Waals surface area contributed by atoms with Gasteiger partial charge >= 0.3 is 5.69 Å². The number of hydrogen-bond donors (Lipinski definition) is 2. The fourth-order valence-corrected chi connectivity index (χ4v) is 1.73. The molecule has 0 fully saturated rings. The third kappa shape index (κ3) is 3.42. The van der Waals surface area contributed by atoms with Crippen molar-refractivity contribution in [2.75, 3.05) is 11.9 Å². The standard InChI is InChI=1S/C13H17N3O3/c1-3-13(17,4-2)9-15-11-7-5-6-10(8-14)12(11)16(18)19/h5-7,15,17H,3-4,9H2,1-2H3. The van der Waals surface area contributed by atoms with Crippen LogP contribution in [-0.2, 0) is 0 Å². The molecule has 1 aromatic rings. The summed E-state index contributed by atoms with van der Waals surface area (Å²) >= 11 is 0. The van der Waals surface area contributed by atoms with E-state index in [1.54, 1.807) is 12.1 Å². The molecule has 2 N–H and O–H groups in total. The Morgan fingerprint density at radius 2 is 2.11 bits per heavy atom. The molecule has 102 valence electrons. The normalized spacial score (nSPS) is 10.8. The lowest BCUT2D eigenvalue weighted by Gasteiger charge is -2.25. The Balaban J connectivity index is 3.03. The quantitative estimate of drug-likeness (QED) is 0.606. The fourth-order valence-electron chi connectivity index (χ4n) is 1.73. The van der Waals surface area contributed by atoms with Crippen molar-refractivity contribution in [3.63, 3.8) is 0 Å². The topological polar surface area (TPSA) is 99.2 Å². The van der Waals surface area contributed by atoms with Gasteiger partial charge in [0.05, 0.1) is 10.5 Å². The van der Waals surface area contributed by atoms with E-state index >= 15 is 0 Å². The second-order valence-corrected chi connectivity index (χ2v) is 4.36. The SMILES string of the molecule is CCC(O)(CC)CNc1cccc(C#N)c1[N+](=O)[O-]. The van der Waals surface area contributed by atoms with Crippen LogP contribution in [0.1, 0.15) is 32.3 Å². The number of anilines is 1. The lowest BCUT2D eigenvalue weighted by atomic mass is 9.97. The van der Waals surface area contributed by atoms with Crippen LogP contribution in [0.5, 0.6) is 0 Å². The summed E-state index contributed by atoms with van der Waals surface area (Å²) in [7, 11) is 0. The smallest absolute Gasteiger partial charge is 0.309 e. The number of nitro groups is 1. The van der Waals surface area contributed by atoms with E-state index in [-0.39, 0.29) is 23.5 Å². The zero-order valence-corrected chi connectivity index (χ0v) is 11.0. The Kier molecular flexibility index (Phi) is 4.84. The van der Waals surface area contributed by atoms with Crippen molar-refractivity contribution >= 4 is 11.4 Å². The number of nitro benzene ring substituents is 1. The molecule has 19 heavy (non-hydrogen) atoms. The molecule has 0 bridgehead atoms. The van der Waals surface area contributed by atoms with Crippen LogP contribution in [0.3, 0.4) is 0 Å². The van der Waals surface area contributed by atoms with Gasteiger partial charge in [-0.25, -0.2) is 0 Å². The summed E-state index contributed by atoms with van der Waals surface area (Å²) in [6.07, 6.45) is 1.09. The molecule has 0 unspecified atom stereocenters. The monoisotopic (exact) mass is 263 g/mol. The number of nitrogens with one attached hydrogen (secondary N) is 1. The van der Waals surface area contributed by atoms with E-state index in [0.29, 0.717) is 12.8 Å². The van der Waals surface area contributed by atoms with Gasteiger partial charge in [0.25, 0.3) is 0 Å². The molecule has 6 nitrogen and oxygen atoms in total. The lowest BCUT2D eigenvalue weighted by molar-refractivity contribution is -0.384. The van der Waals surface area contributed by atoms with E-state index in [1.165, 1.54) is 12.1 Å². The van der Waals surface area contributed by atoms with Crippen LogP contribution < -0.4 is 5.32 Å². The number of aliphatic hydroxyl groups is 1. The van der Waals surface area contributed by atoms with Crippen molar-refractivity contribution in [3.8, 4) is 6.07 Å². The number of hydrogen-bond acceptors (Lipinski definition) is 5. The Hall–Kier alpha value is -2.13. The van der Waals surface area contributed by atoms with Crippen molar-refractivity contribution < 1.29 is 10.0 Å². The van der Waals surface area contributed by atoms with Crippen molar-refractivity contribution in [1.82, 2.24) is 0 Å². The maximum atomic E-state index is 11.0. The van der Waals surface area contributed by atoms with Crippen molar-refractivity contribution in [2.45, 2.75) is 32.3 Å². The van der Waals surface area contributed by atoms with Crippen LogP contribution in [0.15, 0.2) is 18.2 Å². The van der Waals surface area contributed by atoms with Gasteiger partial charge in [0.2, 0.25) is 0 Å². The van der Waals surface area contributed by atoms with Crippen LogP contribution >= 0.6 is 0 Å². The number of nitrogens with zero attached hydrogens (tertiary/aromatic N) is 2. The predicted molar refractivity (Wildman–Crippen MR) is 71.8 cm³/mol. The van der Waals surface area contributed by atoms with Crippen LogP contribution in [0, 0.1) is 21.4 Å². The molecule has 0 spiro atoms. The average molecular weight is 263 g/mol. The molecular formula is C13H17N3O3. The highest BCUT2D eigenvalue weighted by Gasteiger charge is 2.25. The van der Waals surface area contributed by atoms with Crippen molar-refractivity contribution in [1.29, 1.82) is 5.26 Å². The van der Waals surface area contributed by atoms with Crippen LogP contribution in [0.25, 0.3) is 0 Å². The zero-order chi connectivity index (χ0) is 14.5. The van der Waals surface area contributed by atoms with E-state index in [4.69, 9.17) is 5.26 Å². The highest BCUT2D eigenvalue weighted by atomic mass is 16.6. The predicted octanol–water partition coefficient (Wildman–Crippen LogP) is 2.43. The largest absolute Gasteiger partial charge is 0.388 e. The van der Waals surface area contributed by atoms with E-state index < -0.39 is 10.5 Å². The summed E-state index contributed by atoms with van der Waals surface area (Å²) < 4.78 is 0. The summed E-state index contributed by atoms with van der Waals surface area (Å²) in [5.74, 6) is 0. The molecule has 0 saturated heterocycles. The third-order valence-corrected chi connectivity index (χ3v) is 3.26. The average Bonchev–Trinajstić information content (AvgIpc) is 2.43. The van der Waals surface area contributed by atoms with Gasteiger partial charge in [-0.05, 0) is 25.0 Å². The Bertz CT molecular complexity index is 504. The molecule has 6 heteroatoms. The molecule has 0 atom stereocenters. The minimum Gasteiger partial charge on any atom is -0.388 e. The molecule has 0 aromatic heterocycles. The van der Waals surface area contributed by atoms with Gasteiger partial charge in [0, 0.05) is 6.54 Å². The molecule has 0 saturated carbocycles. The van der Waals surface area contributed by atoms with Gasteiger partial charge in [-0.3, -0.25) is 10.1 Å². The molecule has 0 aliphatic rings. The summed E-state index contributed by atoms with van der Waals surface area (Å²) in [5.41, 5.74) is -0.897. The van der Waals surface area contributed by atoms with E-state index in [1.807, 2.05) is 13.8 Å². The number of para-hydroxylation sites is 1. The minimum atomic E-state index is -0.906. The van der Waals surface area contributed by atoms with E-state index in [0.717, 1.165) is 0 Å². The maximum Gasteiger partial charge on any atom is 0.309 e. The maximum absolute atomic E-state index is 11.0. The number of rotatable bonds is 6. The molecular weight excluding hydrogens is 246 g/mol. The second kappa shape index (κ2) is 6.16. The first-order valence-electron chi connectivity index (χ1n) is 6.11.